The third-order valence-electron chi connectivity index (χ3n) is 4.13. The molecular formula is C15H30O. The van der Waals surface area contributed by atoms with Crippen LogP contribution in [-0.2, 0) is 0 Å². The summed E-state index contributed by atoms with van der Waals surface area (Å²) in [6.07, 6.45) is 13.0. The van der Waals surface area contributed by atoms with Crippen molar-refractivity contribution in [2.24, 2.45) is 11.8 Å². The topological polar surface area (TPSA) is 20.2 Å². The fourth-order valence-electron chi connectivity index (χ4n) is 2.98. The van der Waals surface area contributed by atoms with E-state index >= 15 is 0 Å². The van der Waals surface area contributed by atoms with Crippen LogP contribution in [0.15, 0.2) is 0 Å². The second kappa shape index (κ2) is 8.11. The van der Waals surface area contributed by atoms with Crippen molar-refractivity contribution < 1.29 is 5.11 Å². The van der Waals surface area contributed by atoms with E-state index in [4.69, 9.17) is 0 Å². The summed E-state index contributed by atoms with van der Waals surface area (Å²) in [4.78, 5) is 0. The van der Waals surface area contributed by atoms with Gasteiger partial charge in [-0.1, -0.05) is 52.4 Å². The van der Waals surface area contributed by atoms with Crippen LogP contribution in [0.1, 0.15) is 78.1 Å². The van der Waals surface area contributed by atoms with Crippen LogP contribution in [0.4, 0.5) is 0 Å². The van der Waals surface area contributed by atoms with Crippen LogP contribution in [0.5, 0.6) is 0 Å². The second-order valence-corrected chi connectivity index (χ2v) is 5.80. The molecule has 0 heterocycles. The average molecular weight is 226 g/mol. The van der Waals surface area contributed by atoms with Gasteiger partial charge in [0.15, 0.2) is 0 Å². The molecule has 0 radical (unpaired) electrons. The number of hydrogen-bond acceptors (Lipinski definition) is 1. The maximum Gasteiger partial charge on any atom is 0.0568 e. The molecule has 0 amide bonds. The minimum Gasteiger partial charge on any atom is -0.393 e. The largest absolute Gasteiger partial charge is 0.393 e. The van der Waals surface area contributed by atoms with Crippen LogP contribution in [-0.4, -0.2) is 11.2 Å². The number of rotatable bonds is 7. The lowest BCUT2D eigenvalue weighted by molar-refractivity contribution is 0.0461. The molecule has 3 unspecified atom stereocenters. The third-order valence-corrected chi connectivity index (χ3v) is 4.13. The summed E-state index contributed by atoms with van der Waals surface area (Å²) in [5.41, 5.74) is 0. The summed E-state index contributed by atoms with van der Waals surface area (Å²) >= 11 is 0. The molecule has 1 aliphatic carbocycles. The highest BCUT2D eigenvalue weighted by atomic mass is 16.3. The van der Waals surface area contributed by atoms with E-state index in [1.54, 1.807) is 0 Å². The summed E-state index contributed by atoms with van der Waals surface area (Å²) in [5.74, 6) is 1.45. The van der Waals surface area contributed by atoms with E-state index in [0.29, 0.717) is 5.92 Å². The van der Waals surface area contributed by atoms with Crippen molar-refractivity contribution in [3.63, 3.8) is 0 Å². The molecule has 1 heteroatoms. The Hall–Kier alpha value is -0.0400. The SMILES string of the molecule is CCCCCCCCC1CC(C)CCC1O. The molecule has 0 saturated heterocycles. The van der Waals surface area contributed by atoms with E-state index < -0.39 is 0 Å². The van der Waals surface area contributed by atoms with Gasteiger partial charge in [0.25, 0.3) is 0 Å². The first-order valence-corrected chi connectivity index (χ1v) is 7.42. The first-order chi connectivity index (χ1) is 7.74. The van der Waals surface area contributed by atoms with Crippen molar-refractivity contribution >= 4 is 0 Å². The smallest absolute Gasteiger partial charge is 0.0568 e. The molecule has 0 aromatic rings. The van der Waals surface area contributed by atoms with Gasteiger partial charge in [0, 0.05) is 0 Å². The van der Waals surface area contributed by atoms with Crippen LogP contribution in [0.2, 0.25) is 0 Å². The second-order valence-electron chi connectivity index (χ2n) is 5.80. The molecular weight excluding hydrogens is 196 g/mol. The lowest BCUT2D eigenvalue weighted by Gasteiger charge is -2.31. The Labute approximate surface area is 102 Å². The summed E-state index contributed by atoms with van der Waals surface area (Å²) in [5, 5.41) is 9.93. The van der Waals surface area contributed by atoms with Crippen LogP contribution < -0.4 is 0 Å². The van der Waals surface area contributed by atoms with Gasteiger partial charge in [-0.25, -0.2) is 0 Å². The summed E-state index contributed by atoms with van der Waals surface area (Å²) in [7, 11) is 0. The maximum atomic E-state index is 9.93. The average Bonchev–Trinajstić information content (AvgIpc) is 2.28. The molecule has 1 nitrogen and oxygen atoms in total. The van der Waals surface area contributed by atoms with Gasteiger partial charge in [-0.2, -0.15) is 0 Å². The lowest BCUT2D eigenvalue weighted by Crippen LogP contribution is -2.28. The first kappa shape index (κ1) is 14.0. The first-order valence-electron chi connectivity index (χ1n) is 7.42. The standard InChI is InChI=1S/C15H30O/c1-3-4-5-6-7-8-9-14-12-13(2)10-11-15(14)16/h13-16H,3-12H2,1-2H3. The van der Waals surface area contributed by atoms with Gasteiger partial charge in [0.1, 0.15) is 0 Å². The predicted molar refractivity (Wildman–Crippen MR) is 70.5 cm³/mol. The molecule has 0 spiro atoms. The number of hydrogen-bond donors (Lipinski definition) is 1. The zero-order chi connectivity index (χ0) is 11.8. The lowest BCUT2D eigenvalue weighted by atomic mass is 9.78. The highest BCUT2D eigenvalue weighted by Gasteiger charge is 2.26. The van der Waals surface area contributed by atoms with Crippen LogP contribution >= 0.6 is 0 Å². The van der Waals surface area contributed by atoms with Gasteiger partial charge in [0.05, 0.1) is 6.10 Å². The molecule has 0 aromatic carbocycles. The Morgan fingerprint density at radius 3 is 2.44 bits per heavy atom. The minimum absolute atomic E-state index is 0.00634. The van der Waals surface area contributed by atoms with Crippen molar-refractivity contribution in [2.45, 2.75) is 84.2 Å². The van der Waals surface area contributed by atoms with Gasteiger partial charge in [-0.05, 0) is 37.5 Å². The molecule has 3 atom stereocenters. The summed E-state index contributed by atoms with van der Waals surface area (Å²) in [6.45, 7) is 4.60. The zero-order valence-corrected chi connectivity index (χ0v) is 11.3. The highest BCUT2D eigenvalue weighted by molar-refractivity contribution is 4.77. The van der Waals surface area contributed by atoms with Crippen LogP contribution in [0.3, 0.4) is 0 Å². The van der Waals surface area contributed by atoms with E-state index in [1.807, 2.05) is 0 Å². The zero-order valence-electron chi connectivity index (χ0n) is 11.3. The monoisotopic (exact) mass is 226 g/mol. The molecule has 0 aliphatic heterocycles. The van der Waals surface area contributed by atoms with Gasteiger partial charge in [0.2, 0.25) is 0 Å². The highest BCUT2D eigenvalue weighted by Crippen LogP contribution is 2.32. The fraction of sp³-hybridized carbons (Fsp3) is 1.00. The number of aliphatic hydroxyl groups is 1. The van der Waals surface area contributed by atoms with Gasteiger partial charge in [-0.15, -0.1) is 0 Å². The van der Waals surface area contributed by atoms with E-state index in [9.17, 15) is 5.11 Å². The summed E-state index contributed by atoms with van der Waals surface area (Å²) < 4.78 is 0. The number of unbranched alkanes of at least 4 members (excludes halogenated alkanes) is 5. The molecule has 16 heavy (non-hydrogen) atoms. The predicted octanol–water partition coefficient (Wildman–Crippen LogP) is 4.53. The van der Waals surface area contributed by atoms with Crippen LogP contribution in [0.25, 0.3) is 0 Å². The molecule has 1 aliphatic rings. The number of aliphatic hydroxyl groups excluding tert-OH is 1. The van der Waals surface area contributed by atoms with E-state index in [1.165, 1.54) is 57.8 Å². The minimum atomic E-state index is 0.00634. The van der Waals surface area contributed by atoms with Crippen molar-refractivity contribution in [2.75, 3.05) is 0 Å². The molecule has 1 rings (SSSR count). The maximum absolute atomic E-state index is 9.93. The molecule has 96 valence electrons. The Morgan fingerprint density at radius 2 is 1.69 bits per heavy atom. The van der Waals surface area contributed by atoms with E-state index in [2.05, 4.69) is 13.8 Å². The van der Waals surface area contributed by atoms with Crippen molar-refractivity contribution in [1.82, 2.24) is 0 Å². The van der Waals surface area contributed by atoms with Gasteiger partial charge >= 0.3 is 0 Å². The van der Waals surface area contributed by atoms with Gasteiger partial charge < -0.3 is 5.11 Å². The molecule has 1 fully saturated rings. The normalized spacial score (nSPS) is 30.6. The fourth-order valence-corrected chi connectivity index (χ4v) is 2.98. The van der Waals surface area contributed by atoms with E-state index in [-0.39, 0.29) is 6.10 Å². The quantitative estimate of drug-likeness (QED) is 0.632. The van der Waals surface area contributed by atoms with Crippen molar-refractivity contribution in [3.8, 4) is 0 Å². The Balaban J connectivity index is 2.02. The molecule has 1 saturated carbocycles. The Kier molecular flexibility index (Phi) is 7.11. The van der Waals surface area contributed by atoms with Crippen LogP contribution in [0, 0.1) is 11.8 Å². The third kappa shape index (κ3) is 5.34. The van der Waals surface area contributed by atoms with Crippen molar-refractivity contribution in [1.29, 1.82) is 0 Å². The molecule has 0 bridgehead atoms. The molecule has 1 N–H and O–H groups in total. The van der Waals surface area contributed by atoms with Crippen molar-refractivity contribution in [3.05, 3.63) is 0 Å². The Bertz CT molecular complexity index is 167. The van der Waals surface area contributed by atoms with Gasteiger partial charge in [-0.3, -0.25) is 0 Å². The Morgan fingerprint density at radius 1 is 1.00 bits per heavy atom. The van der Waals surface area contributed by atoms with E-state index in [0.717, 1.165) is 12.3 Å². The molecule has 0 aromatic heterocycles. The summed E-state index contributed by atoms with van der Waals surface area (Å²) in [6, 6.07) is 0.